The van der Waals surface area contributed by atoms with Gasteiger partial charge in [-0.1, -0.05) is 28.9 Å². The third-order valence-corrected chi connectivity index (χ3v) is 5.68. The second-order valence-electron chi connectivity index (χ2n) is 5.61. The van der Waals surface area contributed by atoms with Gasteiger partial charge in [0.1, 0.15) is 5.54 Å². The predicted octanol–water partition coefficient (Wildman–Crippen LogP) is 4.31. The molecule has 3 nitrogen and oxygen atoms in total. The molecule has 1 fully saturated rings. The Morgan fingerprint density at radius 3 is 3.05 bits per heavy atom. The van der Waals surface area contributed by atoms with Gasteiger partial charge in [0.05, 0.1) is 0 Å². The molecule has 0 bridgehead atoms. The van der Waals surface area contributed by atoms with Gasteiger partial charge in [-0.25, -0.2) is 0 Å². The van der Waals surface area contributed by atoms with Crippen molar-refractivity contribution in [3.63, 3.8) is 0 Å². The van der Waals surface area contributed by atoms with Crippen LogP contribution in [-0.4, -0.2) is 28.4 Å². The largest absolute Gasteiger partial charge is 0.480 e. The van der Waals surface area contributed by atoms with E-state index < -0.39 is 11.5 Å². The first-order valence-electron chi connectivity index (χ1n) is 7.46. The zero-order valence-electron chi connectivity index (χ0n) is 12.3. The molecule has 0 aliphatic heterocycles. The summed E-state index contributed by atoms with van der Waals surface area (Å²) in [6.45, 7) is 2.83. The van der Waals surface area contributed by atoms with Crippen LogP contribution in [0.3, 0.4) is 0 Å². The number of halogens is 1. The van der Waals surface area contributed by atoms with E-state index >= 15 is 0 Å². The molecule has 2 atom stereocenters. The number of hydrogen-bond acceptors (Lipinski definition) is 3. The number of benzene rings is 1. The highest BCUT2D eigenvalue weighted by atomic mass is 79.9. The van der Waals surface area contributed by atoms with Crippen LogP contribution in [0.2, 0.25) is 0 Å². The average Bonchev–Trinajstić information content (AvgIpc) is 2.45. The van der Waals surface area contributed by atoms with E-state index in [0.29, 0.717) is 11.7 Å². The van der Waals surface area contributed by atoms with Crippen molar-refractivity contribution in [3.8, 4) is 0 Å². The summed E-state index contributed by atoms with van der Waals surface area (Å²) >= 11 is 5.29. The van der Waals surface area contributed by atoms with Crippen molar-refractivity contribution in [1.29, 1.82) is 0 Å². The average molecular weight is 372 g/mol. The molecule has 2 rings (SSSR count). The van der Waals surface area contributed by atoms with Crippen LogP contribution in [-0.2, 0) is 4.79 Å². The van der Waals surface area contributed by atoms with Gasteiger partial charge in [-0.2, -0.15) is 0 Å². The third kappa shape index (κ3) is 4.47. The minimum Gasteiger partial charge on any atom is -0.480 e. The first-order valence-corrected chi connectivity index (χ1v) is 9.13. The van der Waals surface area contributed by atoms with Gasteiger partial charge in [0.15, 0.2) is 0 Å². The molecule has 0 aromatic heterocycles. The van der Waals surface area contributed by atoms with Crippen LogP contribution in [0.25, 0.3) is 0 Å². The van der Waals surface area contributed by atoms with Gasteiger partial charge in [-0.3, -0.25) is 4.79 Å². The Labute approximate surface area is 139 Å². The minimum absolute atomic E-state index is 0.355. The summed E-state index contributed by atoms with van der Waals surface area (Å²) in [6.07, 6.45) is 4.44. The van der Waals surface area contributed by atoms with E-state index in [-0.39, 0.29) is 0 Å². The van der Waals surface area contributed by atoms with Crippen molar-refractivity contribution in [1.82, 2.24) is 5.32 Å². The lowest BCUT2D eigenvalue weighted by molar-refractivity contribution is -0.146. The van der Waals surface area contributed by atoms with Gasteiger partial charge in [0, 0.05) is 14.6 Å². The Morgan fingerprint density at radius 2 is 2.38 bits per heavy atom. The molecule has 0 heterocycles. The number of carboxylic acids is 1. The molecule has 0 saturated heterocycles. The fourth-order valence-corrected chi connectivity index (χ4v) is 4.79. The second-order valence-corrected chi connectivity index (χ2v) is 7.90. The summed E-state index contributed by atoms with van der Waals surface area (Å²) in [5.41, 5.74) is -0.738. The van der Waals surface area contributed by atoms with E-state index in [1.165, 1.54) is 4.90 Å². The van der Waals surface area contributed by atoms with Crippen LogP contribution in [0.1, 0.15) is 39.0 Å². The first-order chi connectivity index (χ1) is 10.1. The smallest absolute Gasteiger partial charge is 0.323 e. The summed E-state index contributed by atoms with van der Waals surface area (Å²) in [6, 6.07) is 8.22. The quantitative estimate of drug-likeness (QED) is 0.782. The van der Waals surface area contributed by atoms with E-state index in [9.17, 15) is 9.90 Å². The number of carboxylic acid groups (broad SMARTS) is 1. The zero-order valence-corrected chi connectivity index (χ0v) is 14.7. The summed E-state index contributed by atoms with van der Waals surface area (Å²) in [5, 5.41) is 13.3. The lowest BCUT2D eigenvalue weighted by Crippen LogP contribution is -2.55. The monoisotopic (exact) mass is 371 g/mol. The highest BCUT2D eigenvalue weighted by Gasteiger charge is 2.42. The molecule has 0 amide bonds. The molecule has 0 spiro atoms. The highest BCUT2D eigenvalue weighted by Crippen LogP contribution is 2.39. The lowest BCUT2D eigenvalue weighted by atomic mass is 9.81. The van der Waals surface area contributed by atoms with Gasteiger partial charge >= 0.3 is 5.97 Å². The molecule has 5 heteroatoms. The molecular formula is C16H22BrNO2S. The summed E-state index contributed by atoms with van der Waals surface area (Å²) in [4.78, 5) is 13.0. The maximum absolute atomic E-state index is 11.8. The van der Waals surface area contributed by atoms with Gasteiger partial charge in [-0.15, -0.1) is 11.8 Å². The predicted molar refractivity (Wildman–Crippen MR) is 90.9 cm³/mol. The number of nitrogens with one attached hydrogen (secondary N) is 1. The van der Waals surface area contributed by atoms with Crippen LogP contribution in [0.4, 0.5) is 0 Å². The Balaban J connectivity index is 2.06. The number of aliphatic carboxylic acids is 1. The minimum atomic E-state index is -0.738. The molecule has 21 heavy (non-hydrogen) atoms. The first kappa shape index (κ1) is 16.8. The van der Waals surface area contributed by atoms with Gasteiger partial charge < -0.3 is 10.4 Å². The van der Waals surface area contributed by atoms with Crippen molar-refractivity contribution in [3.05, 3.63) is 28.7 Å². The molecule has 1 aromatic rings. The van der Waals surface area contributed by atoms with Crippen molar-refractivity contribution < 1.29 is 9.90 Å². The molecular weight excluding hydrogens is 350 g/mol. The number of carbonyl (C=O) groups is 1. The van der Waals surface area contributed by atoms with Gasteiger partial charge in [-0.05, 0) is 56.8 Å². The fraction of sp³-hybridized carbons (Fsp3) is 0.562. The van der Waals surface area contributed by atoms with E-state index in [1.807, 2.05) is 12.1 Å². The summed E-state index contributed by atoms with van der Waals surface area (Å²) in [7, 11) is 0. The van der Waals surface area contributed by atoms with Crippen LogP contribution in [0, 0.1) is 0 Å². The highest BCUT2D eigenvalue weighted by molar-refractivity contribution is 9.10. The summed E-state index contributed by atoms with van der Waals surface area (Å²) < 4.78 is 1.07. The number of rotatable bonds is 6. The lowest BCUT2D eigenvalue weighted by Gasteiger charge is -2.38. The van der Waals surface area contributed by atoms with E-state index in [4.69, 9.17) is 0 Å². The molecule has 1 aliphatic carbocycles. The van der Waals surface area contributed by atoms with Crippen molar-refractivity contribution >= 4 is 33.7 Å². The molecule has 1 aromatic carbocycles. The topological polar surface area (TPSA) is 49.3 Å². The SMILES string of the molecule is CCCNC1(C(=O)O)CCCC(Sc2cccc(Br)c2)C1. The Morgan fingerprint density at radius 1 is 1.57 bits per heavy atom. The molecule has 2 N–H and O–H groups in total. The van der Waals surface area contributed by atoms with Crippen molar-refractivity contribution in [2.24, 2.45) is 0 Å². The standard InChI is InChI=1S/C16H22BrNO2S/c1-2-9-18-16(15(19)20)8-4-7-14(11-16)21-13-6-3-5-12(17)10-13/h3,5-6,10,14,18H,2,4,7-9,11H2,1H3,(H,19,20). The van der Waals surface area contributed by atoms with Crippen LogP contribution >= 0.6 is 27.7 Å². The van der Waals surface area contributed by atoms with Crippen molar-refractivity contribution in [2.75, 3.05) is 6.54 Å². The number of hydrogen-bond donors (Lipinski definition) is 2. The molecule has 0 radical (unpaired) electrons. The van der Waals surface area contributed by atoms with E-state index in [2.05, 4.69) is 40.3 Å². The Bertz CT molecular complexity index is 497. The van der Waals surface area contributed by atoms with Crippen molar-refractivity contribution in [2.45, 2.75) is 54.7 Å². The Kier molecular flexibility index (Phi) is 6.14. The molecule has 116 valence electrons. The van der Waals surface area contributed by atoms with Crippen LogP contribution in [0.15, 0.2) is 33.6 Å². The fourth-order valence-electron chi connectivity index (χ4n) is 2.85. The van der Waals surface area contributed by atoms with Crippen LogP contribution < -0.4 is 5.32 Å². The summed E-state index contributed by atoms with van der Waals surface area (Å²) in [5.74, 6) is -0.699. The van der Waals surface area contributed by atoms with Gasteiger partial charge in [0.2, 0.25) is 0 Å². The number of thioether (sulfide) groups is 1. The normalized spacial score (nSPS) is 25.7. The molecule has 1 saturated carbocycles. The van der Waals surface area contributed by atoms with E-state index in [1.54, 1.807) is 11.8 Å². The van der Waals surface area contributed by atoms with Gasteiger partial charge in [0.25, 0.3) is 0 Å². The maximum atomic E-state index is 11.8. The van der Waals surface area contributed by atoms with E-state index in [0.717, 1.165) is 36.7 Å². The second kappa shape index (κ2) is 7.65. The zero-order chi connectivity index (χ0) is 15.3. The maximum Gasteiger partial charge on any atom is 0.323 e. The molecule has 1 aliphatic rings. The Hall–Kier alpha value is -0.520. The third-order valence-electron chi connectivity index (χ3n) is 3.93. The van der Waals surface area contributed by atoms with Crippen LogP contribution in [0.5, 0.6) is 0 Å². The molecule has 2 unspecified atom stereocenters.